The molecule has 0 spiro atoms. The molecule has 0 bridgehead atoms. The van der Waals surface area contributed by atoms with E-state index in [-0.39, 0.29) is 11.7 Å². The highest BCUT2D eigenvalue weighted by atomic mass is 19.1. The summed E-state index contributed by atoms with van der Waals surface area (Å²) in [5.41, 5.74) is 2.83. The molecule has 1 saturated carbocycles. The molecule has 1 atom stereocenters. The third-order valence-electron chi connectivity index (χ3n) is 5.73. The normalized spacial score (nSPS) is 20.9. The molecule has 1 aliphatic rings. The summed E-state index contributed by atoms with van der Waals surface area (Å²) in [6.45, 7) is 4.32. The van der Waals surface area contributed by atoms with E-state index in [1.165, 1.54) is 44.1 Å². The first-order chi connectivity index (χ1) is 12.7. The summed E-state index contributed by atoms with van der Waals surface area (Å²) in [7, 11) is 0. The highest BCUT2D eigenvalue weighted by Crippen LogP contribution is 2.37. The van der Waals surface area contributed by atoms with Crippen LogP contribution in [0, 0.1) is 23.6 Å². The maximum Gasteiger partial charge on any atom is 0.139 e. The van der Waals surface area contributed by atoms with Gasteiger partial charge in [0.05, 0.1) is 5.56 Å². The molecule has 0 aliphatic heterocycles. The van der Waals surface area contributed by atoms with E-state index in [2.05, 4.69) is 43.9 Å². The lowest BCUT2D eigenvalue weighted by Gasteiger charge is -2.28. The van der Waals surface area contributed by atoms with E-state index in [9.17, 15) is 4.39 Å². The van der Waals surface area contributed by atoms with E-state index in [0.29, 0.717) is 11.5 Å². The van der Waals surface area contributed by atoms with Crippen molar-refractivity contribution in [2.24, 2.45) is 5.92 Å². The molecule has 2 aromatic carbocycles. The monoisotopic (exact) mass is 348 g/mol. The SMILES string of the molecule is CCCC1CCC(c2ccc(C#CC(C)c3ccccc3)c(F)c2)CC1. The van der Waals surface area contributed by atoms with Gasteiger partial charge in [-0.05, 0) is 67.7 Å². The van der Waals surface area contributed by atoms with E-state index in [1.807, 2.05) is 24.3 Å². The Morgan fingerprint density at radius 3 is 2.42 bits per heavy atom. The van der Waals surface area contributed by atoms with Crippen molar-refractivity contribution >= 4 is 0 Å². The summed E-state index contributed by atoms with van der Waals surface area (Å²) in [5.74, 6) is 7.55. The maximum absolute atomic E-state index is 14.6. The van der Waals surface area contributed by atoms with Gasteiger partial charge in [0.25, 0.3) is 0 Å². The first-order valence-corrected chi connectivity index (χ1v) is 10.0. The molecule has 26 heavy (non-hydrogen) atoms. The Bertz CT molecular complexity index is 758. The van der Waals surface area contributed by atoms with Crippen LogP contribution in [0.2, 0.25) is 0 Å². The van der Waals surface area contributed by atoms with Crippen LogP contribution in [0.5, 0.6) is 0 Å². The van der Waals surface area contributed by atoms with E-state index in [1.54, 1.807) is 6.07 Å². The van der Waals surface area contributed by atoms with Gasteiger partial charge in [0.2, 0.25) is 0 Å². The summed E-state index contributed by atoms with van der Waals surface area (Å²) in [6, 6.07) is 15.8. The summed E-state index contributed by atoms with van der Waals surface area (Å²) >= 11 is 0. The van der Waals surface area contributed by atoms with Crippen LogP contribution in [0.25, 0.3) is 0 Å². The van der Waals surface area contributed by atoms with Crippen LogP contribution in [0.1, 0.15) is 80.9 Å². The number of rotatable bonds is 4. The maximum atomic E-state index is 14.6. The van der Waals surface area contributed by atoms with Gasteiger partial charge < -0.3 is 0 Å². The molecule has 136 valence electrons. The number of hydrogen-bond acceptors (Lipinski definition) is 0. The first kappa shape index (κ1) is 18.7. The van der Waals surface area contributed by atoms with Crippen molar-refractivity contribution in [3.63, 3.8) is 0 Å². The zero-order chi connectivity index (χ0) is 18.4. The minimum atomic E-state index is -0.175. The first-order valence-electron chi connectivity index (χ1n) is 10.0. The van der Waals surface area contributed by atoms with Crippen molar-refractivity contribution in [1.82, 2.24) is 0 Å². The van der Waals surface area contributed by atoms with Gasteiger partial charge in [-0.15, -0.1) is 0 Å². The lowest BCUT2D eigenvalue weighted by atomic mass is 9.77. The highest BCUT2D eigenvalue weighted by molar-refractivity contribution is 5.41. The third kappa shape index (κ3) is 4.76. The van der Waals surface area contributed by atoms with Gasteiger partial charge in [0.15, 0.2) is 0 Å². The molecular weight excluding hydrogens is 319 g/mol. The van der Waals surface area contributed by atoms with Crippen molar-refractivity contribution < 1.29 is 4.39 Å². The van der Waals surface area contributed by atoms with Gasteiger partial charge in [-0.1, -0.05) is 68.0 Å². The van der Waals surface area contributed by atoms with Gasteiger partial charge in [0, 0.05) is 5.92 Å². The predicted octanol–water partition coefficient (Wildman–Crippen LogP) is 7.05. The van der Waals surface area contributed by atoms with Crippen molar-refractivity contribution in [3.8, 4) is 11.8 Å². The second-order valence-corrected chi connectivity index (χ2v) is 7.65. The lowest BCUT2D eigenvalue weighted by molar-refractivity contribution is 0.308. The third-order valence-corrected chi connectivity index (χ3v) is 5.73. The second kappa shape index (κ2) is 9.04. The number of halogens is 1. The Morgan fingerprint density at radius 1 is 1.04 bits per heavy atom. The topological polar surface area (TPSA) is 0 Å². The van der Waals surface area contributed by atoms with E-state index >= 15 is 0 Å². The van der Waals surface area contributed by atoms with Crippen LogP contribution >= 0.6 is 0 Å². The molecule has 1 aliphatic carbocycles. The Balaban J connectivity index is 1.66. The largest absolute Gasteiger partial charge is 0.206 e. The Kier molecular flexibility index (Phi) is 6.51. The molecule has 1 heteroatoms. The highest BCUT2D eigenvalue weighted by Gasteiger charge is 2.22. The van der Waals surface area contributed by atoms with Gasteiger partial charge in [-0.3, -0.25) is 0 Å². The minimum absolute atomic E-state index is 0.101. The smallest absolute Gasteiger partial charge is 0.139 e. The van der Waals surface area contributed by atoms with Crippen LogP contribution < -0.4 is 0 Å². The summed E-state index contributed by atoms with van der Waals surface area (Å²) in [4.78, 5) is 0. The average Bonchev–Trinajstić information content (AvgIpc) is 2.68. The number of benzene rings is 2. The minimum Gasteiger partial charge on any atom is -0.206 e. The van der Waals surface area contributed by atoms with Crippen molar-refractivity contribution in [3.05, 3.63) is 71.0 Å². The standard InChI is InChI=1S/C25H29F/c1-3-7-20-11-14-22(15-12-20)24-17-16-23(25(26)18-24)13-10-19(2)21-8-5-4-6-9-21/h4-6,8-9,16-20,22H,3,7,11-12,14-15H2,1-2H3. The van der Waals surface area contributed by atoms with E-state index in [0.717, 1.165) is 11.5 Å². The predicted molar refractivity (Wildman–Crippen MR) is 108 cm³/mol. The van der Waals surface area contributed by atoms with Crippen molar-refractivity contribution in [2.45, 2.75) is 64.2 Å². The van der Waals surface area contributed by atoms with Crippen LogP contribution in [-0.2, 0) is 0 Å². The Hall–Kier alpha value is -2.07. The molecule has 0 radical (unpaired) electrons. The molecule has 1 fully saturated rings. The molecule has 0 aromatic heterocycles. The van der Waals surface area contributed by atoms with Crippen molar-refractivity contribution in [1.29, 1.82) is 0 Å². The molecule has 0 amide bonds. The summed E-state index contributed by atoms with van der Waals surface area (Å²) in [6.07, 6.45) is 7.58. The zero-order valence-electron chi connectivity index (χ0n) is 16.0. The van der Waals surface area contributed by atoms with Crippen LogP contribution in [-0.4, -0.2) is 0 Å². The average molecular weight is 349 g/mol. The quantitative estimate of drug-likeness (QED) is 0.519. The van der Waals surface area contributed by atoms with Gasteiger partial charge in [0.1, 0.15) is 5.82 Å². The van der Waals surface area contributed by atoms with Gasteiger partial charge in [-0.25, -0.2) is 4.39 Å². The van der Waals surface area contributed by atoms with Crippen molar-refractivity contribution in [2.75, 3.05) is 0 Å². The van der Waals surface area contributed by atoms with E-state index in [4.69, 9.17) is 0 Å². The van der Waals surface area contributed by atoms with Crippen LogP contribution in [0.4, 0.5) is 4.39 Å². The fourth-order valence-corrected chi connectivity index (χ4v) is 4.09. The molecule has 0 saturated heterocycles. The van der Waals surface area contributed by atoms with Gasteiger partial charge >= 0.3 is 0 Å². The van der Waals surface area contributed by atoms with Crippen LogP contribution in [0.15, 0.2) is 48.5 Å². The molecule has 0 heterocycles. The molecular formula is C25H29F. The second-order valence-electron chi connectivity index (χ2n) is 7.65. The zero-order valence-corrected chi connectivity index (χ0v) is 16.0. The number of hydrogen-bond donors (Lipinski definition) is 0. The summed E-state index contributed by atoms with van der Waals surface area (Å²) < 4.78 is 14.6. The molecule has 2 aromatic rings. The molecule has 1 unspecified atom stereocenters. The molecule has 3 rings (SSSR count). The fraction of sp³-hybridized carbons (Fsp3) is 0.440. The van der Waals surface area contributed by atoms with Crippen LogP contribution in [0.3, 0.4) is 0 Å². The lowest BCUT2D eigenvalue weighted by Crippen LogP contribution is -2.13. The Morgan fingerprint density at radius 2 is 1.77 bits per heavy atom. The fourth-order valence-electron chi connectivity index (χ4n) is 4.09. The molecule has 0 N–H and O–H groups in total. The molecule has 0 nitrogen and oxygen atoms in total. The van der Waals surface area contributed by atoms with Gasteiger partial charge in [-0.2, -0.15) is 0 Å². The van der Waals surface area contributed by atoms with E-state index < -0.39 is 0 Å². The summed E-state index contributed by atoms with van der Waals surface area (Å²) in [5, 5.41) is 0. The Labute approximate surface area is 157 Å².